The zero-order valence-electron chi connectivity index (χ0n) is 12.3. The van der Waals surface area contributed by atoms with Crippen LogP contribution in [0.2, 0.25) is 0 Å². The summed E-state index contributed by atoms with van der Waals surface area (Å²) in [6.45, 7) is 6.44. The van der Waals surface area contributed by atoms with Crippen molar-refractivity contribution in [2.24, 2.45) is 11.3 Å². The van der Waals surface area contributed by atoms with Gasteiger partial charge in [-0.05, 0) is 45.4 Å². The Morgan fingerprint density at radius 1 is 1.37 bits per heavy atom. The van der Waals surface area contributed by atoms with Gasteiger partial charge in [-0.1, -0.05) is 19.8 Å². The number of thiazole rings is 1. The smallest absolute Gasteiger partial charge is 0.0946 e. The van der Waals surface area contributed by atoms with Gasteiger partial charge in [0.05, 0.1) is 22.2 Å². The number of aryl methyl sites for hydroxylation is 2. The van der Waals surface area contributed by atoms with Gasteiger partial charge in [0.25, 0.3) is 0 Å². The first-order valence-electron chi connectivity index (χ1n) is 7.43. The number of hydrogen-bond donors (Lipinski definition) is 0. The van der Waals surface area contributed by atoms with E-state index in [2.05, 4.69) is 31.8 Å². The SMILES string of the molecule is CCCC1CCC(C#N)(Cc2nc(C)c(C)s2)CC1. The van der Waals surface area contributed by atoms with Crippen LogP contribution in [0.5, 0.6) is 0 Å². The topological polar surface area (TPSA) is 36.7 Å². The molecule has 0 amide bonds. The Morgan fingerprint density at radius 3 is 2.53 bits per heavy atom. The van der Waals surface area contributed by atoms with E-state index in [1.54, 1.807) is 11.3 Å². The van der Waals surface area contributed by atoms with Crippen LogP contribution >= 0.6 is 11.3 Å². The van der Waals surface area contributed by atoms with E-state index >= 15 is 0 Å². The molecule has 1 aliphatic carbocycles. The summed E-state index contributed by atoms with van der Waals surface area (Å²) in [5.41, 5.74) is 0.994. The summed E-state index contributed by atoms with van der Waals surface area (Å²) >= 11 is 1.77. The third kappa shape index (κ3) is 3.36. The highest BCUT2D eigenvalue weighted by atomic mass is 32.1. The van der Waals surface area contributed by atoms with Crippen LogP contribution in [0.15, 0.2) is 0 Å². The predicted molar refractivity (Wildman–Crippen MR) is 80.2 cm³/mol. The third-order valence-electron chi connectivity index (χ3n) is 4.56. The Balaban J connectivity index is 2.03. The lowest BCUT2D eigenvalue weighted by Gasteiger charge is -2.34. The molecule has 0 radical (unpaired) electrons. The van der Waals surface area contributed by atoms with Gasteiger partial charge in [0.1, 0.15) is 0 Å². The van der Waals surface area contributed by atoms with Gasteiger partial charge < -0.3 is 0 Å². The van der Waals surface area contributed by atoms with Crippen LogP contribution in [0.25, 0.3) is 0 Å². The standard InChI is InChI=1S/C16H24N2S/c1-4-5-14-6-8-16(11-17,9-7-14)10-15-18-12(2)13(3)19-15/h14H,4-10H2,1-3H3. The average Bonchev–Trinajstić information content (AvgIpc) is 2.71. The van der Waals surface area contributed by atoms with Crippen molar-refractivity contribution in [2.75, 3.05) is 0 Å². The van der Waals surface area contributed by atoms with Gasteiger partial charge in [0.2, 0.25) is 0 Å². The van der Waals surface area contributed by atoms with Crippen LogP contribution in [-0.4, -0.2) is 4.98 Å². The van der Waals surface area contributed by atoms with Gasteiger partial charge in [-0.25, -0.2) is 4.98 Å². The quantitative estimate of drug-likeness (QED) is 0.791. The average molecular weight is 276 g/mol. The summed E-state index contributed by atoms with van der Waals surface area (Å²) in [5, 5.41) is 10.8. The summed E-state index contributed by atoms with van der Waals surface area (Å²) < 4.78 is 0. The highest BCUT2D eigenvalue weighted by Gasteiger charge is 2.36. The minimum absolute atomic E-state index is 0.138. The molecule has 0 N–H and O–H groups in total. The summed E-state index contributed by atoms with van der Waals surface area (Å²) in [6, 6.07) is 2.62. The zero-order chi connectivity index (χ0) is 13.9. The molecule has 0 aromatic carbocycles. The molecule has 1 aromatic rings. The highest BCUT2D eigenvalue weighted by Crippen LogP contribution is 2.42. The van der Waals surface area contributed by atoms with Gasteiger partial charge in [-0.15, -0.1) is 11.3 Å². The second-order valence-corrected chi connectivity index (χ2v) is 7.34. The zero-order valence-corrected chi connectivity index (χ0v) is 13.1. The fourth-order valence-corrected chi connectivity index (χ4v) is 4.24. The molecule has 0 unspecified atom stereocenters. The van der Waals surface area contributed by atoms with Crippen LogP contribution in [0, 0.1) is 36.5 Å². The van der Waals surface area contributed by atoms with E-state index in [1.807, 2.05) is 0 Å². The van der Waals surface area contributed by atoms with E-state index in [-0.39, 0.29) is 5.41 Å². The largest absolute Gasteiger partial charge is 0.246 e. The molecule has 0 spiro atoms. The Labute approximate surface area is 120 Å². The summed E-state index contributed by atoms with van der Waals surface area (Å²) in [6.07, 6.45) is 8.04. The molecule has 0 saturated heterocycles. The van der Waals surface area contributed by atoms with Gasteiger partial charge in [0.15, 0.2) is 0 Å². The van der Waals surface area contributed by atoms with Crippen molar-refractivity contribution in [3.63, 3.8) is 0 Å². The molecule has 2 nitrogen and oxygen atoms in total. The maximum Gasteiger partial charge on any atom is 0.0946 e. The van der Waals surface area contributed by atoms with E-state index in [1.165, 1.54) is 30.6 Å². The predicted octanol–water partition coefficient (Wildman–Crippen LogP) is 4.80. The van der Waals surface area contributed by atoms with Crippen molar-refractivity contribution in [3.05, 3.63) is 15.6 Å². The van der Waals surface area contributed by atoms with Gasteiger partial charge in [0, 0.05) is 11.3 Å². The first kappa shape index (κ1) is 14.5. The van der Waals surface area contributed by atoms with E-state index in [0.29, 0.717) is 0 Å². The van der Waals surface area contributed by atoms with Crippen molar-refractivity contribution in [1.29, 1.82) is 5.26 Å². The number of nitriles is 1. The molecule has 1 saturated carbocycles. The van der Waals surface area contributed by atoms with Crippen molar-refractivity contribution >= 4 is 11.3 Å². The third-order valence-corrected chi connectivity index (χ3v) is 5.63. The Kier molecular flexibility index (Phi) is 4.62. The van der Waals surface area contributed by atoms with Gasteiger partial charge in [-0.3, -0.25) is 0 Å². The van der Waals surface area contributed by atoms with Gasteiger partial charge >= 0.3 is 0 Å². The lowest BCUT2D eigenvalue weighted by atomic mass is 9.69. The number of aromatic nitrogens is 1. The molecule has 0 atom stereocenters. The lowest BCUT2D eigenvalue weighted by Crippen LogP contribution is -2.28. The molecular weight excluding hydrogens is 252 g/mol. The number of hydrogen-bond acceptors (Lipinski definition) is 3. The van der Waals surface area contributed by atoms with Crippen LogP contribution in [0.3, 0.4) is 0 Å². The molecule has 0 aliphatic heterocycles. The lowest BCUT2D eigenvalue weighted by molar-refractivity contribution is 0.200. The second kappa shape index (κ2) is 6.05. The molecule has 0 bridgehead atoms. The number of nitrogens with zero attached hydrogens (tertiary/aromatic N) is 2. The van der Waals surface area contributed by atoms with Crippen LogP contribution in [0.1, 0.15) is 61.0 Å². The highest BCUT2D eigenvalue weighted by molar-refractivity contribution is 7.11. The minimum atomic E-state index is -0.138. The van der Waals surface area contributed by atoms with Gasteiger partial charge in [-0.2, -0.15) is 5.26 Å². The second-order valence-electron chi connectivity index (χ2n) is 6.05. The fraction of sp³-hybridized carbons (Fsp3) is 0.750. The number of rotatable bonds is 4. The van der Waals surface area contributed by atoms with Crippen LogP contribution in [0.4, 0.5) is 0 Å². The van der Waals surface area contributed by atoms with E-state index in [9.17, 15) is 5.26 Å². The van der Waals surface area contributed by atoms with Crippen molar-refractivity contribution in [3.8, 4) is 6.07 Å². The van der Waals surface area contributed by atoms with Crippen molar-refractivity contribution in [1.82, 2.24) is 4.98 Å². The molecule has 3 heteroatoms. The monoisotopic (exact) mass is 276 g/mol. The molecule has 1 aliphatic rings. The Morgan fingerprint density at radius 2 is 2.05 bits per heavy atom. The molecule has 19 heavy (non-hydrogen) atoms. The molecule has 104 valence electrons. The maximum atomic E-state index is 9.62. The summed E-state index contributed by atoms with van der Waals surface area (Å²) in [7, 11) is 0. The normalized spacial score (nSPS) is 27.2. The van der Waals surface area contributed by atoms with E-state index < -0.39 is 0 Å². The summed E-state index contributed by atoms with van der Waals surface area (Å²) in [4.78, 5) is 5.91. The molecule has 1 aromatic heterocycles. The van der Waals surface area contributed by atoms with Crippen molar-refractivity contribution < 1.29 is 0 Å². The van der Waals surface area contributed by atoms with E-state index in [4.69, 9.17) is 0 Å². The van der Waals surface area contributed by atoms with Crippen LogP contribution in [-0.2, 0) is 6.42 Å². The van der Waals surface area contributed by atoms with E-state index in [0.717, 1.165) is 35.9 Å². The Bertz CT molecular complexity index is 442. The molecular formula is C16H24N2S. The van der Waals surface area contributed by atoms with Crippen LogP contribution < -0.4 is 0 Å². The summed E-state index contributed by atoms with van der Waals surface area (Å²) in [5.74, 6) is 0.853. The molecule has 2 rings (SSSR count). The fourth-order valence-electron chi connectivity index (χ4n) is 3.16. The molecule has 1 heterocycles. The first-order chi connectivity index (χ1) is 9.08. The molecule has 1 fully saturated rings. The Hall–Kier alpha value is -0.880. The van der Waals surface area contributed by atoms with Crippen molar-refractivity contribution in [2.45, 2.75) is 65.7 Å². The first-order valence-corrected chi connectivity index (χ1v) is 8.24. The minimum Gasteiger partial charge on any atom is -0.246 e. The maximum absolute atomic E-state index is 9.62.